The molecular weight excluding hydrogens is 311 g/mol. The van der Waals surface area contributed by atoms with Crippen LogP contribution in [0.4, 0.5) is 0 Å². The number of nitrogens with zero attached hydrogens (tertiary/aromatic N) is 3. The number of carbonyl (C=O) groups is 1. The number of piperidine rings is 1. The van der Waals surface area contributed by atoms with Crippen LogP contribution in [0.2, 0.25) is 0 Å². The van der Waals surface area contributed by atoms with Crippen LogP contribution in [0.3, 0.4) is 0 Å². The Morgan fingerprint density at radius 2 is 2.19 bits per heavy atom. The summed E-state index contributed by atoms with van der Waals surface area (Å²) in [5, 5.41) is 7.67. The van der Waals surface area contributed by atoms with Gasteiger partial charge in [0.2, 0.25) is 5.91 Å². The minimum Gasteiger partial charge on any atom is -0.340 e. The Hall–Kier alpha value is -0.780. The molecule has 0 spiro atoms. The van der Waals surface area contributed by atoms with E-state index in [4.69, 9.17) is 0 Å². The standard InChI is InChI=1S/C14H22N4O.2ClH/c1-11-7-16-18(9-11)13-3-2-6-17(10-13)14(19)12-4-5-15-8-12;;/h7,9,12-13,15H,2-6,8,10H2,1H3;2*1H. The summed E-state index contributed by atoms with van der Waals surface area (Å²) in [7, 11) is 0. The quantitative estimate of drug-likeness (QED) is 0.897. The first-order chi connectivity index (χ1) is 9.24. The van der Waals surface area contributed by atoms with Gasteiger partial charge in [-0.2, -0.15) is 5.10 Å². The lowest BCUT2D eigenvalue weighted by Gasteiger charge is -2.34. The maximum Gasteiger partial charge on any atom is 0.227 e. The minimum absolute atomic E-state index is 0. The van der Waals surface area contributed by atoms with Gasteiger partial charge in [-0.15, -0.1) is 24.8 Å². The smallest absolute Gasteiger partial charge is 0.227 e. The third-order valence-corrected chi connectivity index (χ3v) is 4.22. The second kappa shape index (κ2) is 8.01. The number of amides is 1. The summed E-state index contributed by atoms with van der Waals surface area (Å²) in [5.74, 6) is 0.525. The average Bonchev–Trinajstić information content (AvgIpc) is 3.09. The fourth-order valence-corrected chi connectivity index (χ4v) is 3.13. The van der Waals surface area contributed by atoms with E-state index >= 15 is 0 Å². The fraction of sp³-hybridized carbons (Fsp3) is 0.714. The van der Waals surface area contributed by atoms with Gasteiger partial charge < -0.3 is 10.2 Å². The maximum absolute atomic E-state index is 12.4. The molecule has 1 aromatic rings. The van der Waals surface area contributed by atoms with Crippen molar-refractivity contribution in [3.8, 4) is 0 Å². The SMILES string of the molecule is Cc1cnn(C2CCCN(C(=O)C3CCNC3)C2)c1.Cl.Cl. The zero-order valence-corrected chi connectivity index (χ0v) is 14.0. The van der Waals surface area contributed by atoms with Crippen LogP contribution in [0.25, 0.3) is 0 Å². The molecule has 2 aliphatic heterocycles. The molecule has 2 atom stereocenters. The van der Waals surface area contributed by atoms with Gasteiger partial charge >= 0.3 is 0 Å². The lowest BCUT2D eigenvalue weighted by Crippen LogP contribution is -2.44. The molecule has 0 saturated carbocycles. The molecule has 0 radical (unpaired) electrons. The van der Waals surface area contributed by atoms with Crippen molar-refractivity contribution in [2.24, 2.45) is 5.92 Å². The number of rotatable bonds is 2. The van der Waals surface area contributed by atoms with Gasteiger partial charge in [0.05, 0.1) is 18.2 Å². The van der Waals surface area contributed by atoms with E-state index in [1.165, 1.54) is 5.56 Å². The summed E-state index contributed by atoms with van der Waals surface area (Å²) in [5.41, 5.74) is 1.18. The van der Waals surface area contributed by atoms with Gasteiger partial charge in [-0.3, -0.25) is 9.48 Å². The zero-order valence-electron chi connectivity index (χ0n) is 12.3. The van der Waals surface area contributed by atoms with E-state index < -0.39 is 0 Å². The highest BCUT2D eigenvalue weighted by atomic mass is 35.5. The van der Waals surface area contributed by atoms with Gasteiger partial charge in [0, 0.05) is 25.8 Å². The molecule has 3 rings (SSSR count). The second-order valence-corrected chi connectivity index (χ2v) is 5.77. The molecular formula is C14H24Cl2N4O. The number of aryl methyl sites for hydroxylation is 1. The molecule has 0 bridgehead atoms. The van der Waals surface area contributed by atoms with Crippen molar-refractivity contribution in [1.29, 1.82) is 0 Å². The monoisotopic (exact) mass is 334 g/mol. The molecule has 0 aliphatic carbocycles. The van der Waals surface area contributed by atoms with Gasteiger partial charge in [-0.25, -0.2) is 0 Å². The molecule has 1 amide bonds. The molecule has 21 heavy (non-hydrogen) atoms. The van der Waals surface area contributed by atoms with Crippen LogP contribution in [-0.2, 0) is 4.79 Å². The summed E-state index contributed by atoms with van der Waals surface area (Å²) in [6, 6.07) is 0.348. The van der Waals surface area contributed by atoms with Gasteiger partial charge in [0.25, 0.3) is 0 Å². The van der Waals surface area contributed by atoms with E-state index in [0.29, 0.717) is 11.9 Å². The van der Waals surface area contributed by atoms with Crippen molar-refractivity contribution in [3.05, 3.63) is 18.0 Å². The van der Waals surface area contributed by atoms with E-state index in [1.807, 2.05) is 15.8 Å². The largest absolute Gasteiger partial charge is 0.340 e. The Kier molecular flexibility index (Phi) is 6.97. The molecule has 1 aromatic heterocycles. The molecule has 7 heteroatoms. The van der Waals surface area contributed by atoms with E-state index in [-0.39, 0.29) is 30.7 Å². The fourth-order valence-electron chi connectivity index (χ4n) is 3.13. The Bertz CT molecular complexity index is 460. The molecule has 2 aliphatic rings. The Morgan fingerprint density at radius 3 is 2.81 bits per heavy atom. The molecule has 2 unspecified atom stereocenters. The molecule has 2 fully saturated rings. The first-order valence-electron chi connectivity index (χ1n) is 7.24. The maximum atomic E-state index is 12.4. The van der Waals surface area contributed by atoms with Crippen molar-refractivity contribution in [2.75, 3.05) is 26.2 Å². The van der Waals surface area contributed by atoms with E-state index in [1.54, 1.807) is 0 Å². The number of aromatic nitrogens is 2. The molecule has 0 aromatic carbocycles. The van der Waals surface area contributed by atoms with Crippen LogP contribution in [-0.4, -0.2) is 46.8 Å². The molecule has 3 heterocycles. The Labute approximate surface area is 138 Å². The lowest BCUT2D eigenvalue weighted by atomic mass is 10.0. The van der Waals surface area contributed by atoms with Crippen LogP contribution < -0.4 is 5.32 Å². The first kappa shape index (κ1) is 18.3. The summed E-state index contributed by atoms with van der Waals surface area (Å²) in [4.78, 5) is 14.5. The Balaban J connectivity index is 0.00000110. The van der Waals surface area contributed by atoms with Gasteiger partial charge in [-0.05, 0) is 38.3 Å². The second-order valence-electron chi connectivity index (χ2n) is 5.77. The van der Waals surface area contributed by atoms with Gasteiger partial charge in [0.15, 0.2) is 0 Å². The van der Waals surface area contributed by atoms with Crippen molar-refractivity contribution >= 4 is 30.7 Å². The van der Waals surface area contributed by atoms with Crippen molar-refractivity contribution in [1.82, 2.24) is 20.0 Å². The van der Waals surface area contributed by atoms with Crippen molar-refractivity contribution in [3.63, 3.8) is 0 Å². The van der Waals surface area contributed by atoms with Gasteiger partial charge in [0.1, 0.15) is 0 Å². The van der Waals surface area contributed by atoms with E-state index in [9.17, 15) is 4.79 Å². The number of halogens is 2. The third kappa shape index (κ3) is 4.11. The number of likely N-dealkylation sites (tertiary alicyclic amines) is 1. The predicted molar refractivity (Wildman–Crippen MR) is 87.3 cm³/mol. The Morgan fingerprint density at radius 1 is 1.38 bits per heavy atom. The summed E-state index contributed by atoms with van der Waals surface area (Å²) < 4.78 is 2.03. The third-order valence-electron chi connectivity index (χ3n) is 4.22. The molecule has 2 saturated heterocycles. The van der Waals surface area contributed by atoms with Crippen LogP contribution in [0.5, 0.6) is 0 Å². The highest BCUT2D eigenvalue weighted by Crippen LogP contribution is 2.23. The van der Waals surface area contributed by atoms with Gasteiger partial charge in [-0.1, -0.05) is 0 Å². The predicted octanol–water partition coefficient (Wildman–Crippen LogP) is 1.81. The highest BCUT2D eigenvalue weighted by Gasteiger charge is 2.31. The normalized spacial score (nSPS) is 25.1. The molecule has 1 N–H and O–H groups in total. The highest BCUT2D eigenvalue weighted by molar-refractivity contribution is 5.85. The van der Waals surface area contributed by atoms with E-state index in [2.05, 4.69) is 23.5 Å². The van der Waals surface area contributed by atoms with E-state index in [0.717, 1.165) is 45.4 Å². The number of nitrogens with one attached hydrogen (secondary N) is 1. The molecule has 120 valence electrons. The van der Waals surface area contributed by atoms with Crippen molar-refractivity contribution < 1.29 is 4.79 Å². The molecule has 5 nitrogen and oxygen atoms in total. The minimum atomic E-state index is 0. The summed E-state index contributed by atoms with van der Waals surface area (Å²) in [6.07, 6.45) is 7.15. The number of carbonyl (C=O) groups excluding carboxylic acids is 1. The first-order valence-corrected chi connectivity index (χ1v) is 7.24. The summed E-state index contributed by atoms with van der Waals surface area (Å²) >= 11 is 0. The zero-order chi connectivity index (χ0) is 13.2. The van der Waals surface area contributed by atoms with Crippen LogP contribution in [0, 0.1) is 12.8 Å². The number of hydrogen-bond donors (Lipinski definition) is 1. The van der Waals surface area contributed by atoms with Crippen LogP contribution in [0.15, 0.2) is 12.4 Å². The topological polar surface area (TPSA) is 50.2 Å². The summed E-state index contributed by atoms with van der Waals surface area (Å²) in [6.45, 7) is 5.61. The number of hydrogen-bond acceptors (Lipinski definition) is 3. The van der Waals surface area contributed by atoms with Crippen LogP contribution >= 0.6 is 24.8 Å². The van der Waals surface area contributed by atoms with Crippen LogP contribution in [0.1, 0.15) is 30.9 Å². The van der Waals surface area contributed by atoms with Crippen molar-refractivity contribution in [2.45, 2.75) is 32.2 Å². The average molecular weight is 335 g/mol. The lowest BCUT2D eigenvalue weighted by molar-refractivity contribution is -0.136.